The summed E-state index contributed by atoms with van der Waals surface area (Å²) in [4.78, 5) is 2.19. The van der Waals surface area contributed by atoms with Gasteiger partial charge in [-0.3, -0.25) is 9.21 Å². The summed E-state index contributed by atoms with van der Waals surface area (Å²) in [5.41, 5.74) is 1.90. The molecule has 1 aliphatic heterocycles. The fourth-order valence-electron chi connectivity index (χ4n) is 2.69. The largest absolute Gasteiger partial charge is 0.393 e. The van der Waals surface area contributed by atoms with Gasteiger partial charge in [-0.05, 0) is 51.4 Å². The molecule has 1 aliphatic rings. The van der Waals surface area contributed by atoms with Gasteiger partial charge in [0.1, 0.15) is 0 Å². The predicted octanol–water partition coefficient (Wildman–Crippen LogP) is 1.99. The molecule has 1 N–H and O–H groups in total. The van der Waals surface area contributed by atoms with Crippen molar-refractivity contribution in [3.8, 4) is 0 Å². The third kappa shape index (κ3) is 4.00. The second kappa shape index (κ2) is 6.98. The van der Waals surface area contributed by atoms with E-state index in [0.717, 1.165) is 24.2 Å². The Balaban J connectivity index is 2.05. The van der Waals surface area contributed by atoms with Crippen molar-refractivity contribution in [2.45, 2.75) is 38.8 Å². The highest BCUT2D eigenvalue weighted by Gasteiger charge is 2.28. The summed E-state index contributed by atoms with van der Waals surface area (Å²) in [6.45, 7) is 5.31. The van der Waals surface area contributed by atoms with Crippen LogP contribution >= 0.6 is 0 Å². The first kappa shape index (κ1) is 17.2. The zero-order chi connectivity index (χ0) is 16.3. The minimum atomic E-state index is -3.11. The van der Waals surface area contributed by atoms with E-state index in [1.807, 2.05) is 31.3 Å². The highest BCUT2D eigenvalue weighted by atomic mass is 32.2. The molecule has 6 heteroatoms. The third-order valence-electron chi connectivity index (χ3n) is 4.32. The summed E-state index contributed by atoms with van der Waals surface area (Å²) in [5.74, 6) is 0.243. The lowest BCUT2D eigenvalue weighted by atomic mass is 10.1. The average Bonchev–Trinajstić information content (AvgIpc) is 2.83. The van der Waals surface area contributed by atoms with Crippen LogP contribution in [0.2, 0.25) is 0 Å². The summed E-state index contributed by atoms with van der Waals surface area (Å²) in [6, 6.07) is 7.98. The van der Waals surface area contributed by atoms with Crippen LogP contribution in [0.25, 0.3) is 0 Å². The lowest BCUT2D eigenvalue weighted by molar-refractivity contribution is 0.153. The Labute approximate surface area is 133 Å². The van der Waals surface area contributed by atoms with Crippen molar-refractivity contribution >= 4 is 15.7 Å². The Kier molecular flexibility index (Phi) is 5.47. The van der Waals surface area contributed by atoms with E-state index in [1.165, 1.54) is 4.31 Å². The molecular weight excluding hydrogens is 300 g/mol. The molecule has 1 heterocycles. The Morgan fingerprint density at radius 1 is 1.27 bits per heavy atom. The van der Waals surface area contributed by atoms with Crippen LogP contribution in [0.5, 0.6) is 0 Å². The van der Waals surface area contributed by atoms with Crippen molar-refractivity contribution in [2.75, 3.05) is 30.2 Å². The second-order valence-corrected chi connectivity index (χ2v) is 8.14. The summed E-state index contributed by atoms with van der Waals surface area (Å²) in [7, 11) is -1.08. The van der Waals surface area contributed by atoms with Crippen molar-refractivity contribution < 1.29 is 13.5 Å². The van der Waals surface area contributed by atoms with Gasteiger partial charge < -0.3 is 5.11 Å². The van der Waals surface area contributed by atoms with E-state index in [2.05, 4.69) is 11.8 Å². The van der Waals surface area contributed by atoms with Gasteiger partial charge in [-0.1, -0.05) is 12.1 Å². The van der Waals surface area contributed by atoms with Crippen LogP contribution < -0.4 is 4.31 Å². The Hall–Kier alpha value is -1.11. The molecule has 0 bridgehead atoms. The summed E-state index contributed by atoms with van der Waals surface area (Å²) in [5, 5.41) is 9.37. The number of nitrogens with zero attached hydrogens (tertiary/aromatic N) is 2. The molecule has 124 valence electrons. The van der Waals surface area contributed by atoms with Crippen molar-refractivity contribution in [3.05, 3.63) is 29.8 Å². The Bertz CT molecular complexity index is 584. The van der Waals surface area contributed by atoms with Gasteiger partial charge in [0.15, 0.2) is 0 Å². The number of benzene rings is 1. The molecule has 0 aliphatic carbocycles. The smallest absolute Gasteiger partial charge is 0.235 e. The number of hydrogen-bond donors (Lipinski definition) is 1. The van der Waals surface area contributed by atoms with Crippen LogP contribution in [-0.4, -0.2) is 50.4 Å². The molecule has 1 aromatic rings. The fourth-order valence-corrected chi connectivity index (χ4v) is 4.25. The van der Waals surface area contributed by atoms with Crippen LogP contribution in [0.1, 0.15) is 38.3 Å². The normalized spacial score (nSPS) is 20.3. The van der Waals surface area contributed by atoms with Gasteiger partial charge in [0, 0.05) is 19.1 Å². The number of aliphatic hydroxyl groups excluding tert-OH is 1. The SMILES string of the molecule is C[C@H](c1ccc(N2CCCS2(=O)=O)cc1)N(C)CC[C@@H](C)O. The fraction of sp³-hybridized carbons (Fsp3) is 0.625. The topological polar surface area (TPSA) is 60.9 Å². The lowest BCUT2D eigenvalue weighted by Gasteiger charge is -2.26. The molecule has 2 atom stereocenters. The number of anilines is 1. The van der Waals surface area contributed by atoms with E-state index in [4.69, 9.17) is 0 Å². The first-order valence-electron chi connectivity index (χ1n) is 7.80. The first-order valence-corrected chi connectivity index (χ1v) is 9.41. The maximum absolute atomic E-state index is 11.9. The maximum Gasteiger partial charge on any atom is 0.235 e. The summed E-state index contributed by atoms with van der Waals surface area (Å²) >= 11 is 0. The molecule has 0 radical (unpaired) electrons. The van der Waals surface area contributed by atoms with Crippen LogP contribution in [0, 0.1) is 0 Å². The monoisotopic (exact) mass is 326 g/mol. The Morgan fingerprint density at radius 3 is 2.41 bits per heavy atom. The third-order valence-corrected chi connectivity index (χ3v) is 6.19. The van der Waals surface area contributed by atoms with Crippen molar-refractivity contribution in [1.29, 1.82) is 0 Å². The number of rotatable bonds is 6. The molecular formula is C16H26N2O3S. The molecule has 22 heavy (non-hydrogen) atoms. The van der Waals surface area contributed by atoms with Gasteiger partial charge >= 0.3 is 0 Å². The lowest BCUT2D eigenvalue weighted by Crippen LogP contribution is -2.26. The molecule has 0 spiro atoms. The van der Waals surface area contributed by atoms with Gasteiger partial charge in [-0.15, -0.1) is 0 Å². The highest BCUT2D eigenvalue weighted by molar-refractivity contribution is 7.93. The minimum Gasteiger partial charge on any atom is -0.393 e. The molecule has 0 saturated carbocycles. The zero-order valence-electron chi connectivity index (χ0n) is 13.6. The van der Waals surface area contributed by atoms with Gasteiger partial charge in [0.25, 0.3) is 0 Å². The molecule has 1 aromatic carbocycles. The average molecular weight is 326 g/mol. The summed E-state index contributed by atoms with van der Waals surface area (Å²) in [6.07, 6.45) is 1.14. The first-order chi connectivity index (χ1) is 10.3. The van der Waals surface area contributed by atoms with E-state index in [0.29, 0.717) is 13.0 Å². The molecule has 1 saturated heterocycles. The molecule has 2 rings (SSSR count). The van der Waals surface area contributed by atoms with Crippen molar-refractivity contribution in [2.24, 2.45) is 0 Å². The second-order valence-electron chi connectivity index (χ2n) is 6.13. The van der Waals surface area contributed by atoms with Crippen LogP contribution in [0.3, 0.4) is 0 Å². The van der Waals surface area contributed by atoms with Gasteiger partial charge in [0.05, 0.1) is 17.5 Å². The van der Waals surface area contributed by atoms with E-state index < -0.39 is 10.0 Å². The minimum absolute atomic E-state index is 0.225. The van der Waals surface area contributed by atoms with Crippen LogP contribution in [0.15, 0.2) is 24.3 Å². The molecule has 5 nitrogen and oxygen atoms in total. The van der Waals surface area contributed by atoms with Crippen molar-refractivity contribution in [1.82, 2.24) is 4.90 Å². The number of hydrogen-bond acceptors (Lipinski definition) is 4. The Morgan fingerprint density at radius 2 is 1.91 bits per heavy atom. The van der Waals surface area contributed by atoms with Crippen LogP contribution in [-0.2, 0) is 10.0 Å². The van der Waals surface area contributed by atoms with E-state index in [-0.39, 0.29) is 17.9 Å². The van der Waals surface area contributed by atoms with Gasteiger partial charge in [0.2, 0.25) is 10.0 Å². The molecule has 0 aromatic heterocycles. The quantitative estimate of drug-likeness (QED) is 0.868. The van der Waals surface area contributed by atoms with E-state index >= 15 is 0 Å². The number of aliphatic hydroxyl groups is 1. The maximum atomic E-state index is 11.9. The van der Waals surface area contributed by atoms with E-state index in [9.17, 15) is 13.5 Å². The van der Waals surface area contributed by atoms with Crippen LogP contribution in [0.4, 0.5) is 5.69 Å². The van der Waals surface area contributed by atoms with Gasteiger partial charge in [-0.2, -0.15) is 0 Å². The van der Waals surface area contributed by atoms with Crippen molar-refractivity contribution in [3.63, 3.8) is 0 Å². The standard InChI is InChI=1S/C16H26N2O3S/c1-13(19)9-11-17(3)14(2)15-5-7-16(8-6-15)18-10-4-12-22(18,20)21/h5-8,13-14,19H,4,9-12H2,1-3H3/t13-,14-/m1/s1. The summed E-state index contributed by atoms with van der Waals surface area (Å²) < 4.78 is 25.4. The number of sulfonamides is 1. The van der Waals surface area contributed by atoms with Gasteiger partial charge in [-0.25, -0.2) is 8.42 Å². The van der Waals surface area contributed by atoms with E-state index in [1.54, 1.807) is 6.92 Å². The molecule has 1 fully saturated rings. The molecule has 0 unspecified atom stereocenters. The molecule has 0 amide bonds. The zero-order valence-corrected chi connectivity index (χ0v) is 14.4. The highest BCUT2D eigenvalue weighted by Crippen LogP contribution is 2.27. The predicted molar refractivity (Wildman–Crippen MR) is 89.5 cm³/mol.